The first kappa shape index (κ1) is 17.2. The number of aromatic nitrogens is 1. The molecule has 2 heterocycles. The van der Waals surface area contributed by atoms with Crippen molar-refractivity contribution >= 4 is 39.4 Å². The Morgan fingerprint density at radius 3 is 2.76 bits per heavy atom. The molecule has 0 saturated carbocycles. The van der Waals surface area contributed by atoms with Gasteiger partial charge in [0, 0.05) is 32.3 Å². The fraction of sp³-hybridized carbons (Fsp3) is 0.176. The third-order valence-electron chi connectivity index (χ3n) is 3.61. The normalized spacial score (nSPS) is 10.6. The number of thiophene rings is 1. The van der Waals surface area contributed by atoms with E-state index < -0.39 is 4.92 Å². The average Bonchev–Trinajstić information content (AvgIpc) is 3.13. The van der Waals surface area contributed by atoms with E-state index in [1.807, 2.05) is 19.2 Å². The van der Waals surface area contributed by atoms with Crippen molar-refractivity contribution in [2.24, 2.45) is 0 Å². The van der Waals surface area contributed by atoms with Crippen LogP contribution in [0, 0.1) is 24.0 Å². The molecule has 25 heavy (non-hydrogen) atoms. The second-order valence-corrected chi connectivity index (χ2v) is 7.79. The van der Waals surface area contributed by atoms with Crippen molar-refractivity contribution in [3.8, 4) is 11.3 Å². The van der Waals surface area contributed by atoms with E-state index in [0.717, 1.165) is 11.3 Å². The Hall–Kier alpha value is -2.58. The number of benzene rings is 1. The van der Waals surface area contributed by atoms with Gasteiger partial charge in [-0.3, -0.25) is 14.9 Å². The summed E-state index contributed by atoms with van der Waals surface area (Å²) < 4.78 is 0. The number of nitrogens with one attached hydrogen (secondary N) is 1. The predicted molar refractivity (Wildman–Crippen MR) is 100 cm³/mol. The van der Waals surface area contributed by atoms with Crippen LogP contribution in [0.4, 0.5) is 10.8 Å². The molecular weight excluding hydrogens is 358 g/mol. The van der Waals surface area contributed by atoms with Gasteiger partial charge in [0.15, 0.2) is 5.13 Å². The zero-order valence-corrected chi connectivity index (χ0v) is 15.2. The molecule has 0 unspecified atom stereocenters. The molecule has 0 saturated heterocycles. The van der Waals surface area contributed by atoms with Crippen molar-refractivity contribution in [3.05, 3.63) is 61.1 Å². The van der Waals surface area contributed by atoms with E-state index in [-0.39, 0.29) is 18.0 Å². The first-order valence-electron chi connectivity index (χ1n) is 7.49. The minimum absolute atomic E-state index is 0.0538. The fourth-order valence-corrected chi connectivity index (χ4v) is 4.17. The summed E-state index contributed by atoms with van der Waals surface area (Å²) >= 11 is 3.05. The topological polar surface area (TPSA) is 85.1 Å². The van der Waals surface area contributed by atoms with Crippen LogP contribution in [0.5, 0.6) is 0 Å². The summed E-state index contributed by atoms with van der Waals surface area (Å²) in [7, 11) is 0. The van der Waals surface area contributed by atoms with Crippen LogP contribution in [-0.4, -0.2) is 15.8 Å². The highest BCUT2D eigenvalue weighted by molar-refractivity contribution is 7.14. The number of thiazole rings is 1. The van der Waals surface area contributed by atoms with Gasteiger partial charge in [-0.05, 0) is 19.9 Å². The van der Waals surface area contributed by atoms with Gasteiger partial charge in [0.1, 0.15) is 0 Å². The van der Waals surface area contributed by atoms with Crippen molar-refractivity contribution in [1.29, 1.82) is 0 Å². The summed E-state index contributed by atoms with van der Waals surface area (Å²) in [4.78, 5) is 29.6. The molecule has 1 aromatic carbocycles. The Morgan fingerprint density at radius 2 is 2.08 bits per heavy atom. The number of hydrogen-bond donors (Lipinski definition) is 1. The predicted octanol–water partition coefficient (Wildman–Crippen LogP) is 4.58. The fourth-order valence-electron chi connectivity index (χ4n) is 2.51. The molecule has 3 aromatic rings. The van der Waals surface area contributed by atoms with E-state index >= 15 is 0 Å². The van der Waals surface area contributed by atoms with Crippen molar-refractivity contribution in [2.45, 2.75) is 20.3 Å². The number of aryl methyl sites for hydroxylation is 2. The number of carbonyl (C=O) groups is 1. The highest BCUT2D eigenvalue weighted by atomic mass is 32.1. The second-order valence-electron chi connectivity index (χ2n) is 5.48. The lowest BCUT2D eigenvalue weighted by Gasteiger charge is -2.03. The van der Waals surface area contributed by atoms with Gasteiger partial charge >= 0.3 is 0 Å². The molecule has 1 amide bonds. The number of nitro groups is 1. The molecule has 0 aliphatic rings. The first-order chi connectivity index (χ1) is 11.9. The lowest BCUT2D eigenvalue weighted by Crippen LogP contribution is -2.15. The summed E-state index contributed by atoms with van der Waals surface area (Å²) in [6.45, 7) is 4.09. The van der Waals surface area contributed by atoms with Crippen LogP contribution < -0.4 is 5.32 Å². The molecule has 0 aliphatic carbocycles. The minimum atomic E-state index is -0.480. The van der Waals surface area contributed by atoms with Crippen LogP contribution in [0.2, 0.25) is 0 Å². The molecule has 6 nitrogen and oxygen atoms in total. The van der Waals surface area contributed by atoms with Gasteiger partial charge in [-0.25, -0.2) is 4.98 Å². The van der Waals surface area contributed by atoms with Crippen molar-refractivity contribution in [1.82, 2.24) is 4.98 Å². The molecule has 0 fully saturated rings. The highest BCUT2D eigenvalue weighted by Gasteiger charge is 2.17. The molecule has 0 radical (unpaired) electrons. The maximum atomic E-state index is 12.2. The number of anilines is 1. The molecule has 3 rings (SSSR count). The number of hydrogen-bond acceptors (Lipinski definition) is 6. The number of rotatable bonds is 5. The van der Waals surface area contributed by atoms with E-state index in [1.54, 1.807) is 29.5 Å². The van der Waals surface area contributed by atoms with E-state index in [1.165, 1.54) is 27.2 Å². The van der Waals surface area contributed by atoms with Gasteiger partial charge in [-0.15, -0.1) is 22.7 Å². The van der Waals surface area contributed by atoms with Gasteiger partial charge in [-0.1, -0.05) is 18.2 Å². The van der Waals surface area contributed by atoms with Crippen LogP contribution >= 0.6 is 22.7 Å². The Bertz CT molecular complexity index is 946. The number of nitrogens with zero attached hydrogens (tertiary/aromatic N) is 2. The zero-order valence-electron chi connectivity index (χ0n) is 13.6. The van der Waals surface area contributed by atoms with Crippen LogP contribution in [0.1, 0.15) is 15.3 Å². The Labute approximate surface area is 152 Å². The number of carbonyl (C=O) groups excluding carboxylic acids is 1. The van der Waals surface area contributed by atoms with Crippen LogP contribution in [-0.2, 0) is 11.2 Å². The summed E-state index contributed by atoms with van der Waals surface area (Å²) in [5.41, 5.74) is 2.22. The minimum Gasteiger partial charge on any atom is -0.302 e. The summed E-state index contributed by atoms with van der Waals surface area (Å²) in [6, 6.07) is 8.32. The highest BCUT2D eigenvalue weighted by Crippen LogP contribution is 2.32. The van der Waals surface area contributed by atoms with E-state index in [9.17, 15) is 14.9 Å². The Kier molecular flexibility index (Phi) is 4.91. The largest absolute Gasteiger partial charge is 0.302 e. The van der Waals surface area contributed by atoms with Crippen molar-refractivity contribution in [3.63, 3.8) is 0 Å². The number of para-hydroxylation sites is 1. The molecular formula is C17H15N3O3S2. The Balaban J connectivity index is 1.72. The van der Waals surface area contributed by atoms with Gasteiger partial charge < -0.3 is 5.32 Å². The standard InChI is InChI=1S/C17H15N3O3S2/c1-10-7-13(11(2)25-10)14-9-24-17(18-14)19-16(21)8-12-5-3-4-6-15(12)20(22)23/h3-7,9H,8H2,1-2H3,(H,18,19,21). The van der Waals surface area contributed by atoms with Gasteiger partial charge in [0.2, 0.25) is 5.91 Å². The summed E-state index contributed by atoms with van der Waals surface area (Å²) in [6.07, 6.45) is -0.0668. The third-order valence-corrected chi connectivity index (χ3v) is 5.33. The van der Waals surface area contributed by atoms with Crippen LogP contribution in [0.15, 0.2) is 35.7 Å². The number of nitro benzene ring substituents is 1. The van der Waals surface area contributed by atoms with Gasteiger partial charge in [0.05, 0.1) is 17.0 Å². The van der Waals surface area contributed by atoms with Crippen molar-refractivity contribution in [2.75, 3.05) is 5.32 Å². The number of amides is 1. The molecule has 0 aliphatic heterocycles. The molecule has 2 aromatic heterocycles. The monoisotopic (exact) mass is 373 g/mol. The van der Waals surface area contributed by atoms with E-state index in [4.69, 9.17) is 0 Å². The first-order valence-corrected chi connectivity index (χ1v) is 9.18. The average molecular weight is 373 g/mol. The smallest absolute Gasteiger partial charge is 0.273 e. The third kappa shape index (κ3) is 3.92. The lowest BCUT2D eigenvalue weighted by molar-refractivity contribution is -0.385. The van der Waals surface area contributed by atoms with E-state index in [0.29, 0.717) is 10.7 Å². The van der Waals surface area contributed by atoms with Crippen LogP contribution in [0.25, 0.3) is 11.3 Å². The maximum Gasteiger partial charge on any atom is 0.273 e. The maximum absolute atomic E-state index is 12.2. The van der Waals surface area contributed by atoms with Crippen molar-refractivity contribution < 1.29 is 9.72 Å². The molecule has 1 N–H and O–H groups in total. The summed E-state index contributed by atoms with van der Waals surface area (Å²) in [5.74, 6) is -0.326. The molecule has 0 spiro atoms. The lowest BCUT2D eigenvalue weighted by atomic mass is 10.1. The molecule has 8 heteroatoms. The quantitative estimate of drug-likeness (QED) is 0.524. The van der Waals surface area contributed by atoms with E-state index in [2.05, 4.69) is 16.4 Å². The van der Waals surface area contributed by atoms with Gasteiger partial charge in [0.25, 0.3) is 5.69 Å². The summed E-state index contributed by atoms with van der Waals surface area (Å²) in [5, 5.41) is 16.1. The second kappa shape index (κ2) is 7.12. The SMILES string of the molecule is Cc1cc(-c2csc(NC(=O)Cc3ccccc3[N+](=O)[O-])n2)c(C)s1. The van der Waals surface area contributed by atoms with Crippen LogP contribution in [0.3, 0.4) is 0 Å². The zero-order chi connectivity index (χ0) is 18.0. The molecule has 128 valence electrons. The Morgan fingerprint density at radius 1 is 1.32 bits per heavy atom. The molecule has 0 atom stereocenters. The molecule has 0 bridgehead atoms. The van der Waals surface area contributed by atoms with Gasteiger partial charge in [-0.2, -0.15) is 0 Å².